The van der Waals surface area contributed by atoms with Crippen LogP contribution in [0.5, 0.6) is 5.75 Å². The molecular formula is C20H20N2O5. The minimum atomic E-state index is -1.09. The maximum atomic E-state index is 12.5. The highest BCUT2D eigenvalue weighted by Gasteiger charge is 2.29. The second-order valence-electron chi connectivity index (χ2n) is 6.46. The molecule has 0 heterocycles. The molecule has 1 fully saturated rings. The number of carbonyl (C=O) groups excluding carboxylic acids is 2. The molecule has 2 aromatic rings. The molecule has 2 amide bonds. The topological polar surface area (TPSA) is 105 Å². The molecule has 27 heavy (non-hydrogen) atoms. The van der Waals surface area contributed by atoms with E-state index in [0.717, 1.165) is 18.4 Å². The molecule has 1 saturated carbocycles. The van der Waals surface area contributed by atoms with E-state index in [1.165, 1.54) is 6.07 Å². The summed E-state index contributed by atoms with van der Waals surface area (Å²) >= 11 is 0. The van der Waals surface area contributed by atoms with E-state index < -0.39 is 12.6 Å². The highest BCUT2D eigenvalue weighted by atomic mass is 16.5. The monoisotopic (exact) mass is 368 g/mol. The molecule has 1 aliphatic rings. The zero-order chi connectivity index (χ0) is 19.4. The Morgan fingerprint density at radius 2 is 1.89 bits per heavy atom. The molecular weight excluding hydrogens is 348 g/mol. The van der Waals surface area contributed by atoms with Gasteiger partial charge in [-0.05, 0) is 55.7 Å². The summed E-state index contributed by atoms with van der Waals surface area (Å²) in [5.41, 5.74) is 2.41. The minimum Gasteiger partial charge on any atom is -0.482 e. The van der Waals surface area contributed by atoms with Crippen molar-refractivity contribution in [1.29, 1.82) is 0 Å². The Morgan fingerprint density at radius 1 is 1.11 bits per heavy atom. The third kappa shape index (κ3) is 5.07. The number of hydrogen-bond acceptors (Lipinski definition) is 4. The Labute approximate surface area is 156 Å². The molecule has 0 atom stereocenters. The summed E-state index contributed by atoms with van der Waals surface area (Å²) in [5, 5.41) is 14.3. The molecule has 0 unspecified atom stereocenters. The summed E-state index contributed by atoms with van der Waals surface area (Å²) in [6.45, 7) is 1.38. The van der Waals surface area contributed by atoms with Gasteiger partial charge in [-0.15, -0.1) is 0 Å². The van der Waals surface area contributed by atoms with Gasteiger partial charge in [0.15, 0.2) is 6.61 Å². The van der Waals surface area contributed by atoms with Crippen LogP contribution in [-0.4, -0.2) is 29.5 Å². The van der Waals surface area contributed by atoms with Crippen LogP contribution in [0.25, 0.3) is 0 Å². The molecule has 0 spiro atoms. The van der Waals surface area contributed by atoms with E-state index in [0.29, 0.717) is 22.7 Å². The molecule has 3 N–H and O–H groups in total. The van der Waals surface area contributed by atoms with Crippen LogP contribution in [0.4, 0.5) is 11.4 Å². The highest BCUT2D eigenvalue weighted by molar-refractivity contribution is 6.05. The van der Waals surface area contributed by atoms with E-state index in [2.05, 4.69) is 10.6 Å². The third-order valence-electron chi connectivity index (χ3n) is 4.16. The molecule has 2 aromatic carbocycles. The average Bonchev–Trinajstić information content (AvgIpc) is 3.48. The van der Waals surface area contributed by atoms with E-state index in [4.69, 9.17) is 9.84 Å². The first kappa shape index (κ1) is 18.4. The number of carboxylic acid groups (broad SMARTS) is 1. The molecule has 0 bridgehead atoms. The molecule has 7 heteroatoms. The SMILES string of the molecule is Cc1ccc(NC(=O)C2CC2)cc1NC(=O)c1cccc(OCC(=O)O)c1. The summed E-state index contributed by atoms with van der Waals surface area (Å²) in [6.07, 6.45) is 1.84. The van der Waals surface area contributed by atoms with Crippen molar-refractivity contribution in [2.24, 2.45) is 5.92 Å². The molecule has 1 aliphatic carbocycles. The number of aryl methyl sites for hydroxylation is 1. The summed E-state index contributed by atoms with van der Waals surface area (Å²) < 4.78 is 5.10. The van der Waals surface area contributed by atoms with Gasteiger partial charge >= 0.3 is 5.97 Å². The molecule has 7 nitrogen and oxygen atoms in total. The summed E-state index contributed by atoms with van der Waals surface area (Å²) in [4.78, 5) is 35.0. The number of carbonyl (C=O) groups is 3. The predicted octanol–water partition coefficient (Wildman–Crippen LogP) is 3.06. The Hall–Kier alpha value is -3.35. The minimum absolute atomic E-state index is 0.000546. The van der Waals surface area contributed by atoms with Gasteiger partial charge in [-0.2, -0.15) is 0 Å². The number of hydrogen-bond donors (Lipinski definition) is 3. The lowest BCUT2D eigenvalue weighted by atomic mass is 10.1. The number of ether oxygens (including phenoxy) is 1. The van der Waals surface area contributed by atoms with Crippen LogP contribution in [0.15, 0.2) is 42.5 Å². The lowest BCUT2D eigenvalue weighted by Gasteiger charge is -2.12. The van der Waals surface area contributed by atoms with Gasteiger partial charge in [-0.3, -0.25) is 9.59 Å². The largest absolute Gasteiger partial charge is 0.482 e. The number of aliphatic carboxylic acids is 1. The number of anilines is 2. The average molecular weight is 368 g/mol. The number of rotatable bonds is 7. The summed E-state index contributed by atoms with van der Waals surface area (Å²) in [5.74, 6) is -1.06. The fourth-order valence-electron chi connectivity index (χ4n) is 2.49. The lowest BCUT2D eigenvalue weighted by Crippen LogP contribution is -2.15. The summed E-state index contributed by atoms with van der Waals surface area (Å²) in [6, 6.07) is 11.6. The second-order valence-corrected chi connectivity index (χ2v) is 6.46. The van der Waals surface area contributed by atoms with Crippen molar-refractivity contribution < 1.29 is 24.2 Å². The van der Waals surface area contributed by atoms with Crippen molar-refractivity contribution in [3.63, 3.8) is 0 Å². The molecule has 3 rings (SSSR count). The van der Waals surface area contributed by atoms with Crippen molar-refractivity contribution >= 4 is 29.2 Å². The first-order valence-electron chi connectivity index (χ1n) is 8.60. The van der Waals surface area contributed by atoms with E-state index in [9.17, 15) is 14.4 Å². The van der Waals surface area contributed by atoms with Crippen molar-refractivity contribution in [3.8, 4) is 5.75 Å². The number of nitrogens with one attached hydrogen (secondary N) is 2. The van der Waals surface area contributed by atoms with E-state index >= 15 is 0 Å². The Morgan fingerprint density at radius 3 is 2.59 bits per heavy atom. The van der Waals surface area contributed by atoms with Gasteiger partial charge in [0, 0.05) is 22.9 Å². The van der Waals surface area contributed by atoms with E-state index in [1.807, 2.05) is 13.0 Å². The van der Waals surface area contributed by atoms with Gasteiger partial charge < -0.3 is 20.5 Å². The van der Waals surface area contributed by atoms with Gasteiger partial charge in [-0.1, -0.05) is 12.1 Å². The quantitative estimate of drug-likeness (QED) is 0.697. The fraction of sp³-hybridized carbons (Fsp3) is 0.250. The van der Waals surface area contributed by atoms with Crippen molar-refractivity contribution in [2.45, 2.75) is 19.8 Å². The molecule has 0 aromatic heterocycles. The first-order chi connectivity index (χ1) is 12.9. The number of amides is 2. The fourth-order valence-corrected chi connectivity index (χ4v) is 2.49. The second kappa shape index (κ2) is 7.90. The maximum Gasteiger partial charge on any atom is 0.341 e. The van der Waals surface area contributed by atoms with Gasteiger partial charge in [0.1, 0.15) is 5.75 Å². The van der Waals surface area contributed by atoms with Crippen molar-refractivity contribution in [2.75, 3.05) is 17.2 Å². The Bertz CT molecular complexity index is 890. The van der Waals surface area contributed by atoms with Gasteiger partial charge in [0.05, 0.1) is 0 Å². The molecule has 0 saturated heterocycles. The van der Waals surface area contributed by atoms with E-state index in [-0.39, 0.29) is 17.7 Å². The van der Waals surface area contributed by atoms with Crippen LogP contribution in [0.1, 0.15) is 28.8 Å². The molecule has 0 radical (unpaired) electrons. The number of carboxylic acids is 1. The van der Waals surface area contributed by atoms with Crippen LogP contribution in [0, 0.1) is 12.8 Å². The molecule has 140 valence electrons. The van der Waals surface area contributed by atoms with Gasteiger partial charge in [0.2, 0.25) is 5.91 Å². The van der Waals surface area contributed by atoms with Crippen LogP contribution in [-0.2, 0) is 9.59 Å². The van der Waals surface area contributed by atoms with E-state index in [1.54, 1.807) is 30.3 Å². The third-order valence-corrected chi connectivity index (χ3v) is 4.16. The van der Waals surface area contributed by atoms with Crippen LogP contribution >= 0.6 is 0 Å². The summed E-state index contributed by atoms with van der Waals surface area (Å²) in [7, 11) is 0. The first-order valence-corrected chi connectivity index (χ1v) is 8.60. The maximum absolute atomic E-state index is 12.5. The zero-order valence-corrected chi connectivity index (χ0v) is 14.8. The van der Waals surface area contributed by atoms with Gasteiger partial charge in [0.25, 0.3) is 5.91 Å². The Balaban J connectivity index is 1.70. The van der Waals surface area contributed by atoms with Crippen LogP contribution < -0.4 is 15.4 Å². The zero-order valence-electron chi connectivity index (χ0n) is 14.8. The standard InChI is InChI=1S/C20H20N2O5/c1-12-5-8-15(21-19(25)13-6-7-13)10-17(12)22-20(26)14-3-2-4-16(9-14)27-11-18(23)24/h2-5,8-10,13H,6-7,11H2,1H3,(H,21,25)(H,22,26)(H,23,24). The smallest absolute Gasteiger partial charge is 0.341 e. The lowest BCUT2D eigenvalue weighted by molar-refractivity contribution is -0.139. The van der Waals surface area contributed by atoms with Crippen LogP contribution in [0.2, 0.25) is 0 Å². The Kier molecular flexibility index (Phi) is 5.40. The number of benzene rings is 2. The highest BCUT2D eigenvalue weighted by Crippen LogP contribution is 2.31. The van der Waals surface area contributed by atoms with Gasteiger partial charge in [-0.25, -0.2) is 4.79 Å². The predicted molar refractivity (Wildman–Crippen MR) is 100 cm³/mol. The molecule has 0 aliphatic heterocycles. The van der Waals surface area contributed by atoms with Crippen molar-refractivity contribution in [3.05, 3.63) is 53.6 Å². The van der Waals surface area contributed by atoms with Crippen molar-refractivity contribution in [1.82, 2.24) is 0 Å². The normalized spacial score (nSPS) is 12.9. The van der Waals surface area contributed by atoms with Crippen LogP contribution in [0.3, 0.4) is 0 Å².